The van der Waals surface area contributed by atoms with Crippen molar-refractivity contribution >= 4 is 21.6 Å². The van der Waals surface area contributed by atoms with Crippen LogP contribution in [-0.2, 0) is 14.8 Å². The Morgan fingerprint density at radius 2 is 1.82 bits per heavy atom. The minimum Gasteiger partial charge on any atom is -0.493 e. The van der Waals surface area contributed by atoms with Gasteiger partial charge in [0, 0.05) is 12.2 Å². The number of sulfonamides is 1. The summed E-state index contributed by atoms with van der Waals surface area (Å²) in [5, 5.41) is 6.55. The third kappa shape index (κ3) is 4.57. The number of carbonyl (C=O) groups is 1. The first-order chi connectivity index (χ1) is 15.8. The summed E-state index contributed by atoms with van der Waals surface area (Å²) < 4.78 is 43.8. The number of aromatic nitrogens is 1. The molecule has 1 atom stereocenters. The van der Waals surface area contributed by atoms with Crippen molar-refractivity contribution < 1.29 is 27.2 Å². The molecular formula is C23H25N3O6S. The molecule has 1 fully saturated rings. The number of amides is 1. The molecule has 3 aromatic rings. The van der Waals surface area contributed by atoms with Gasteiger partial charge in [-0.3, -0.25) is 4.79 Å². The van der Waals surface area contributed by atoms with Crippen LogP contribution >= 0.6 is 0 Å². The molecule has 1 amide bonds. The van der Waals surface area contributed by atoms with E-state index in [1.807, 2.05) is 12.1 Å². The van der Waals surface area contributed by atoms with E-state index in [0.717, 1.165) is 0 Å². The summed E-state index contributed by atoms with van der Waals surface area (Å²) in [7, 11) is -2.34. The monoisotopic (exact) mass is 471 g/mol. The van der Waals surface area contributed by atoms with Gasteiger partial charge in [0.25, 0.3) is 0 Å². The van der Waals surface area contributed by atoms with Crippen molar-refractivity contribution in [3.8, 4) is 17.2 Å². The Bertz CT molecular complexity index is 1230. The molecule has 0 aliphatic carbocycles. The van der Waals surface area contributed by atoms with Gasteiger partial charge < -0.3 is 19.3 Å². The molecule has 2 heterocycles. The maximum Gasteiger partial charge on any atom is 0.249 e. The first-order valence-corrected chi connectivity index (χ1v) is 11.9. The van der Waals surface area contributed by atoms with Gasteiger partial charge in [-0.25, -0.2) is 8.42 Å². The average Bonchev–Trinajstić information content (AvgIpc) is 3.43. The van der Waals surface area contributed by atoms with E-state index < -0.39 is 16.1 Å². The highest BCUT2D eigenvalue weighted by Gasteiger charge is 2.41. The van der Waals surface area contributed by atoms with Gasteiger partial charge >= 0.3 is 0 Å². The van der Waals surface area contributed by atoms with E-state index in [2.05, 4.69) is 10.5 Å². The Morgan fingerprint density at radius 3 is 2.45 bits per heavy atom. The molecular weight excluding hydrogens is 446 g/mol. The lowest BCUT2D eigenvalue weighted by atomic mass is 10.2. The highest BCUT2D eigenvalue weighted by atomic mass is 32.2. The van der Waals surface area contributed by atoms with Gasteiger partial charge in [0.15, 0.2) is 17.3 Å². The van der Waals surface area contributed by atoms with Crippen molar-refractivity contribution in [1.29, 1.82) is 0 Å². The summed E-state index contributed by atoms with van der Waals surface area (Å²) in [5.41, 5.74) is 0.818. The zero-order valence-corrected chi connectivity index (χ0v) is 19.4. The molecule has 0 unspecified atom stereocenters. The van der Waals surface area contributed by atoms with Crippen LogP contribution in [-0.4, -0.2) is 43.5 Å². The normalized spacial score (nSPS) is 16.5. The number of nitrogens with one attached hydrogen (secondary N) is 1. The minimum atomic E-state index is -3.91. The molecule has 1 aliphatic heterocycles. The molecule has 33 heavy (non-hydrogen) atoms. The quantitative estimate of drug-likeness (QED) is 0.557. The Balaban J connectivity index is 1.46. The van der Waals surface area contributed by atoms with Gasteiger partial charge in [0.2, 0.25) is 15.9 Å². The third-order valence-electron chi connectivity index (χ3n) is 5.46. The lowest BCUT2D eigenvalue weighted by molar-refractivity contribution is -0.119. The largest absolute Gasteiger partial charge is 0.493 e. The standard InChI is InChI=1S/C23H25N3O6S/c1-15-22(16(2)32-25-15)33(28,29)26-14-6-7-19(26)23(27)24-17-10-12-18(13-11-17)31-21-9-5-4-8-20(21)30-3/h4-5,8-13,19H,6-7,14H2,1-3H3,(H,24,27)/t19-/m0/s1. The van der Waals surface area contributed by atoms with Crippen LogP contribution in [0.25, 0.3) is 0 Å². The Kier molecular flexibility index (Phi) is 6.39. The fourth-order valence-corrected chi connectivity index (χ4v) is 5.86. The highest BCUT2D eigenvalue weighted by molar-refractivity contribution is 7.89. The lowest BCUT2D eigenvalue weighted by Gasteiger charge is -2.23. The topological polar surface area (TPSA) is 111 Å². The summed E-state index contributed by atoms with van der Waals surface area (Å²) in [6.45, 7) is 3.38. The maximum atomic E-state index is 13.2. The van der Waals surface area contributed by atoms with Crippen LogP contribution in [0.15, 0.2) is 57.9 Å². The SMILES string of the molecule is COc1ccccc1Oc1ccc(NC(=O)[C@@H]2CCCN2S(=O)(=O)c2c(C)noc2C)cc1. The number of para-hydroxylation sites is 2. The van der Waals surface area contributed by atoms with E-state index >= 15 is 0 Å². The predicted molar refractivity (Wildman–Crippen MR) is 121 cm³/mol. The summed E-state index contributed by atoms with van der Waals surface area (Å²) in [6.07, 6.45) is 1.02. The Labute approximate surface area is 192 Å². The third-order valence-corrected chi connectivity index (χ3v) is 7.61. The number of rotatable bonds is 7. The zero-order valence-electron chi connectivity index (χ0n) is 18.6. The number of aryl methyl sites for hydroxylation is 2. The number of ether oxygens (including phenoxy) is 2. The highest BCUT2D eigenvalue weighted by Crippen LogP contribution is 2.32. The summed E-state index contributed by atoms with van der Waals surface area (Å²) in [6, 6.07) is 13.3. The van der Waals surface area contributed by atoms with Crippen LogP contribution in [0.4, 0.5) is 5.69 Å². The van der Waals surface area contributed by atoms with Crippen molar-refractivity contribution in [2.45, 2.75) is 37.6 Å². The second-order valence-corrected chi connectivity index (χ2v) is 9.52. The van der Waals surface area contributed by atoms with Crippen LogP contribution in [0.1, 0.15) is 24.3 Å². The number of carbonyl (C=O) groups excluding carboxylic acids is 1. The smallest absolute Gasteiger partial charge is 0.249 e. The minimum absolute atomic E-state index is 0.0278. The van der Waals surface area contributed by atoms with E-state index in [1.165, 1.54) is 4.31 Å². The lowest BCUT2D eigenvalue weighted by Crippen LogP contribution is -2.43. The van der Waals surface area contributed by atoms with Crippen molar-refractivity contribution in [3.05, 3.63) is 60.0 Å². The molecule has 0 radical (unpaired) electrons. The van der Waals surface area contributed by atoms with Crippen LogP contribution in [0.3, 0.4) is 0 Å². The molecule has 9 nitrogen and oxygen atoms in total. The van der Waals surface area contributed by atoms with Gasteiger partial charge in [-0.05, 0) is 63.1 Å². The fourth-order valence-electron chi connectivity index (χ4n) is 3.91. The summed E-state index contributed by atoms with van der Waals surface area (Å²) >= 11 is 0. The number of nitrogens with zero attached hydrogens (tertiary/aromatic N) is 2. The molecule has 1 aliphatic rings. The van der Waals surface area contributed by atoms with Crippen molar-refractivity contribution in [3.63, 3.8) is 0 Å². The maximum absolute atomic E-state index is 13.2. The van der Waals surface area contributed by atoms with Crippen molar-refractivity contribution in [2.75, 3.05) is 19.0 Å². The van der Waals surface area contributed by atoms with E-state index in [-0.39, 0.29) is 28.8 Å². The molecule has 0 saturated carbocycles. The van der Waals surface area contributed by atoms with Gasteiger partial charge in [-0.2, -0.15) is 4.31 Å². The second-order valence-electron chi connectivity index (χ2n) is 7.69. The Morgan fingerprint density at radius 1 is 1.12 bits per heavy atom. The van der Waals surface area contributed by atoms with Gasteiger partial charge in [0.05, 0.1) is 7.11 Å². The average molecular weight is 472 g/mol. The summed E-state index contributed by atoms with van der Waals surface area (Å²) in [5.74, 6) is 1.57. The zero-order chi connectivity index (χ0) is 23.6. The molecule has 174 valence electrons. The molecule has 10 heteroatoms. The number of benzene rings is 2. The van der Waals surface area contributed by atoms with E-state index in [4.69, 9.17) is 14.0 Å². The first kappa shape index (κ1) is 22.8. The number of anilines is 1. The molecule has 1 N–H and O–H groups in total. The molecule has 2 aromatic carbocycles. The Hall–Kier alpha value is -3.37. The second kappa shape index (κ2) is 9.24. The molecule has 0 spiro atoms. The van der Waals surface area contributed by atoms with Crippen molar-refractivity contribution in [1.82, 2.24) is 9.46 Å². The molecule has 4 rings (SSSR count). The molecule has 1 aromatic heterocycles. The van der Waals surface area contributed by atoms with Gasteiger partial charge in [-0.1, -0.05) is 17.3 Å². The van der Waals surface area contributed by atoms with Crippen LogP contribution in [0.5, 0.6) is 17.2 Å². The predicted octanol–water partition coefficient (Wildman–Crippen LogP) is 3.88. The van der Waals surface area contributed by atoms with Crippen LogP contribution in [0.2, 0.25) is 0 Å². The van der Waals surface area contributed by atoms with E-state index in [1.54, 1.807) is 57.4 Å². The number of methoxy groups -OCH3 is 1. The fraction of sp³-hybridized carbons (Fsp3) is 0.304. The van der Waals surface area contributed by atoms with Crippen molar-refractivity contribution in [2.24, 2.45) is 0 Å². The number of hydrogen-bond donors (Lipinski definition) is 1. The van der Waals surface area contributed by atoms with E-state index in [9.17, 15) is 13.2 Å². The van der Waals surface area contributed by atoms with Crippen LogP contribution in [0, 0.1) is 13.8 Å². The summed E-state index contributed by atoms with van der Waals surface area (Å²) in [4.78, 5) is 13.0. The van der Waals surface area contributed by atoms with Crippen LogP contribution < -0.4 is 14.8 Å². The first-order valence-electron chi connectivity index (χ1n) is 10.5. The van der Waals surface area contributed by atoms with E-state index in [0.29, 0.717) is 35.8 Å². The molecule has 0 bridgehead atoms. The van der Waals surface area contributed by atoms with Gasteiger partial charge in [0.1, 0.15) is 22.4 Å². The van der Waals surface area contributed by atoms with Gasteiger partial charge in [-0.15, -0.1) is 0 Å². The molecule has 1 saturated heterocycles. The number of hydrogen-bond acceptors (Lipinski definition) is 7.